The predicted molar refractivity (Wildman–Crippen MR) is 92.1 cm³/mol. The lowest BCUT2D eigenvalue weighted by molar-refractivity contribution is -0.123. The van der Waals surface area contributed by atoms with Gasteiger partial charge in [-0.25, -0.2) is 9.59 Å². The molecule has 1 aromatic rings. The number of hydrogen-bond donors (Lipinski definition) is 2. The molecule has 1 aliphatic rings. The summed E-state index contributed by atoms with van der Waals surface area (Å²) in [5.41, 5.74) is 0.424. The van der Waals surface area contributed by atoms with Crippen molar-refractivity contribution in [2.45, 2.75) is 43.5 Å². The Balaban J connectivity index is 1.78. The Kier molecular flexibility index (Phi) is 7.11. The number of thioether (sulfide) groups is 1. The number of imide groups is 1. The van der Waals surface area contributed by atoms with Crippen LogP contribution in [0.5, 0.6) is 0 Å². The number of hydrogen-bond acceptors (Lipinski definition) is 5. The van der Waals surface area contributed by atoms with Crippen LogP contribution in [-0.2, 0) is 9.53 Å². The van der Waals surface area contributed by atoms with Gasteiger partial charge in [-0.3, -0.25) is 10.1 Å². The van der Waals surface area contributed by atoms with Gasteiger partial charge in [-0.2, -0.15) is 0 Å². The number of urea groups is 1. The van der Waals surface area contributed by atoms with Crippen LogP contribution in [-0.4, -0.2) is 36.3 Å². The zero-order valence-corrected chi connectivity index (χ0v) is 14.5. The molecule has 0 radical (unpaired) electrons. The van der Waals surface area contributed by atoms with E-state index >= 15 is 0 Å². The number of benzene rings is 1. The Morgan fingerprint density at radius 1 is 1.21 bits per heavy atom. The maximum absolute atomic E-state index is 12.1. The summed E-state index contributed by atoms with van der Waals surface area (Å²) in [4.78, 5) is 36.3. The van der Waals surface area contributed by atoms with E-state index in [1.165, 1.54) is 11.8 Å². The predicted octanol–water partition coefficient (Wildman–Crippen LogP) is 2.72. The largest absolute Gasteiger partial charge is 0.452 e. The second-order valence-corrected chi connectivity index (χ2v) is 6.81. The van der Waals surface area contributed by atoms with E-state index in [0.717, 1.165) is 36.3 Å². The van der Waals surface area contributed by atoms with Gasteiger partial charge < -0.3 is 10.1 Å². The molecule has 2 N–H and O–H groups in total. The van der Waals surface area contributed by atoms with Gasteiger partial charge in [0, 0.05) is 10.9 Å². The number of esters is 1. The summed E-state index contributed by atoms with van der Waals surface area (Å²) in [5, 5.41) is 4.92. The van der Waals surface area contributed by atoms with Crippen LogP contribution in [0.25, 0.3) is 0 Å². The number of rotatable bonds is 6. The maximum atomic E-state index is 12.1. The van der Waals surface area contributed by atoms with E-state index in [9.17, 15) is 14.4 Å². The van der Waals surface area contributed by atoms with Crippen LogP contribution in [0.3, 0.4) is 0 Å². The Bertz CT molecular complexity index is 600. The molecule has 0 spiro atoms. The molecule has 0 unspecified atom stereocenters. The normalized spacial score (nSPS) is 14.2. The van der Waals surface area contributed by atoms with E-state index in [-0.39, 0.29) is 6.04 Å². The monoisotopic (exact) mass is 350 g/mol. The summed E-state index contributed by atoms with van der Waals surface area (Å²) in [6, 6.07) is 6.66. The van der Waals surface area contributed by atoms with Crippen molar-refractivity contribution < 1.29 is 19.1 Å². The fourth-order valence-corrected chi connectivity index (χ4v) is 3.37. The van der Waals surface area contributed by atoms with Crippen molar-refractivity contribution in [3.05, 3.63) is 29.8 Å². The number of ether oxygens (including phenoxy) is 1. The summed E-state index contributed by atoms with van der Waals surface area (Å²) in [6.45, 7) is 1.51. The maximum Gasteiger partial charge on any atom is 0.339 e. The molecule has 24 heavy (non-hydrogen) atoms. The fraction of sp³-hybridized carbons (Fsp3) is 0.471. The SMILES string of the molecule is CCSc1ccccc1C(=O)OCC(=O)NC(=O)NC1CCCC1. The van der Waals surface area contributed by atoms with E-state index in [4.69, 9.17) is 4.74 Å². The first-order valence-electron chi connectivity index (χ1n) is 8.09. The second-order valence-electron chi connectivity index (χ2n) is 5.51. The highest BCUT2D eigenvalue weighted by Crippen LogP contribution is 2.22. The first-order valence-corrected chi connectivity index (χ1v) is 9.08. The van der Waals surface area contributed by atoms with Crippen molar-refractivity contribution >= 4 is 29.7 Å². The fourth-order valence-electron chi connectivity index (χ4n) is 2.58. The van der Waals surface area contributed by atoms with E-state index in [1.54, 1.807) is 12.1 Å². The molecule has 0 bridgehead atoms. The molecule has 2 rings (SSSR count). The van der Waals surface area contributed by atoms with Gasteiger partial charge in [0.15, 0.2) is 6.61 Å². The first-order chi connectivity index (χ1) is 11.6. The zero-order chi connectivity index (χ0) is 17.4. The molecular formula is C17H22N2O4S. The highest BCUT2D eigenvalue weighted by molar-refractivity contribution is 7.99. The molecule has 130 valence electrons. The van der Waals surface area contributed by atoms with E-state index in [2.05, 4.69) is 10.6 Å². The van der Waals surface area contributed by atoms with Gasteiger partial charge >= 0.3 is 12.0 Å². The second kappa shape index (κ2) is 9.32. The minimum Gasteiger partial charge on any atom is -0.452 e. The number of nitrogens with one attached hydrogen (secondary N) is 2. The highest BCUT2D eigenvalue weighted by Gasteiger charge is 2.19. The van der Waals surface area contributed by atoms with Gasteiger partial charge in [0.2, 0.25) is 0 Å². The Hall–Kier alpha value is -2.02. The molecule has 0 saturated heterocycles. The van der Waals surface area contributed by atoms with Crippen LogP contribution in [0.1, 0.15) is 43.0 Å². The minimum absolute atomic E-state index is 0.123. The summed E-state index contributed by atoms with van der Waals surface area (Å²) >= 11 is 1.53. The summed E-state index contributed by atoms with van der Waals surface area (Å²) in [6.07, 6.45) is 4.04. The Morgan fingerprint density at radius 2 is 1.92 bits per heavy atom. The molecule has 1 aliphatic carbocycles. The van der Waals surface area contributed by atoms with Gasteiger partial charge in [-0.1, -0.05) is 31.9 Å². The lowest BCUT2D eigenvalue weighted by Crippen LogP contribution is -2.45. The lowest BCUT2D eigenvalue weighted by atomic mass is 10.2. The van der Waals surface area contributed by atoms with Crippen LogP contribution in [0.4, 0.5) is 4.79 Å². The summed E-state index contributed by atoms with van der Waals surface area (Å²) < 4.78 is 5.00. The quantitative estimate of drug-likeness (QED) is 0.609. The molecular weight excluding hydrogens is 328 g/mol. The molecule has 1 fully saturated rings. The van der Waals surface area contributed by atoms with Crippen LogP contribution in [0.15, 0.2) is 29.2 Å². The molecule has 6 nitrogen and oxygen atoms in total. The van der Waals surface area contributed by atoms with Crippen LogP contribution in [0.2, 0.25) is 0 Å². The van der Waals surface area contributed by atoms with E-state index in [1.807, 2.05) is 19.1 Å². The zero-order valence-electron chi connectivity index (χ0n) is 13.7. The Morgan fingerprint density at radius 3 is 2.62 bits per heavy atom. The molecule has 0 aromatic heterocycles. The summed E-state index contributed by atoms with van der Waals surface area (Å²) in [7, 11) is 0. The van der Waals surface area contributed by atoms with Gasteiger partial charge in [0.05, 0.1) is 5.56 Å². The van der Waals surface area contributed by atoms with Gasteiger partial charge in [-0.15, -0.1) is 11.8 Å². The number of carbonyl (C=O) groups is 3. The third-order valence-electron chi connectivity index (χ3n) is 3.68. The van der Waals surface area contributed by atoms with Crippen LogP contribution in [0, 0.1) is 0 Å². The average Bonchev–Trinajstić information content (AvgIpc) is 3.06. The average molecular weight is 350 g/mol. The van der Waals surface area contributed by atoms with Crippen molar-refractivity contribution in [3.63, 3.8) is 0 Å². The van der Waals surface area contributed by atoms with E-state index in [0.29, 0.717) is 5.56 Å². The number of amides is 3. The topological polar surface area (TPSA) is 84.5 Å². The van der Waals surface area contributed by atoms with Gasteiger partial charge in [0.25, 0.3) is 5.91 Å². The number of carbonyl (C=O) groups excluding carboxylic acids is 3. The highest BCUT2D eigenvalue weighted by atomic mass is 32.2. The van der Waals surface area contributed by atoms with E-state index < -0.39 is 24.5 Å². The van der Waals surface area contributed by atoms with Crippen molar-refractivity contribution in [1.29, 1.82) is 0 Å². The lowest BCUT2D eigenvalue weighted by Gasteiger charge is -2.12. The molecule has 1 saturated carbocycles. The molecule has 0 heterocycles. The standard InChI is InChI=1S/C17H22N2O4S/c1-2-24-14-10-6-5-9-13(14)16(21)23-11-15(20)19-17(22)18-12-7-3-4-8-12/h5-6,9-10,12H,2-4,7-8,11H2,1H3,(H2,18,19,20,22). The smallest absolute Gasteiger partial charge is 0.339 e. The Labute approximate surface area is 145 Å². The van der Waals surface area contributed by atoms with Crippen molar-refractivity contribution in [2.24, 2.45) is 0 Å². The van der Waals surface area contributed by atoms with Crippen LogP contribution < -0.4 is 10.6 Å². The summed E-state index contributed by atoms with van der Waals surface area (Å²) in [5.74, 6) is -0.385. The third kappa shape index (κ3) is 5.56. The first kappa shape index (κ1) is 18.3. The van der Waals surface area contributed by atoms with Crippen molar-refractivity contribution in [2.75, 3.05) is 12.4 Å². The minimum atomic E-state index is -0.639. The third-order valence-corrected chi connectivity index (χ3v) is 4.64. The van der Waals surface area contributed by atoms with Crippen molar-refractivity contribution in [1.82, 2.24) is 10.6 Å². The molecule has 0 aliphatic heterocycles. The molecule has 0 atom stereocenters. The molecule has 3 amide bonds. The molecule has 7 heteroatoms. The van der Waals surface area contributed by atoms with Gasteiger partial charge in [-0.05, 0) is 30.7 Å². The molecule has 1 aromatic carbocycles. The van der Waals surface area contributed by atoms with Crippen molar-refractivity contribution in [3.8, 4) is 0 Å². The van der Waals surface area contributed by atoms with Gasteiger partial charge in [0.1, 0.15) is 0 Å². The van der Waals surface area contributed by atoms with Crippen LogP contribution >= 0.6 is 11.8 Å².